The second-order valence-electron chi connectivity index (χ2n) is 22.4. The molecule has 0 saturated heterocycles. The molecule has 372 valence electrons. The van der Waals surface area contributed by atoms with E-state index in [2.05, 4.69) is 36.3 Å². The van der Waals surface area contributed by atoms with E-state index in [9.17, 15) is 19.2 Å². The Bertz CT molecular complexity index is 2120. The highest BCUT2D eigenvalue weighted by Crippen LogP contribution is 2.44. The van der Waals surface area contributed by atoms with Crippen molar-refractivity contribution in [2.45, 2.75) is 193 Å². The van der Waals surface area contributed by atoms with E-state index in [0.29, 0.717) is 62.5 Å². The Kier molecular flexibility index (Phi) is 17.1. The van der Waals surface area contributed by atoms with Crippen molar-refractivity contribution >= 4 is 45.3 Å². The molecule has 0 bridgehead atoms. The van der Waals surface area contributed by atoms with E-state index in [0.717, 1.165) is 146 Å². The maximum Gasteiger partial charge on any atom is 0.314 e. The lowest BCUT2D eigenvalue weighted by atomic mass is 9.70. The fraction of sp³-hybridized carbons (Fsp3) is 0.678. The number of hydrogen-bond donors (Lipinski definition) is 2. The van der Waals surface area contributed by atoms with Crippen molar-refractivity contribution in [3.8, 4) is 23.3 Å². The molecule has 6 saturated carbocycles. The summed E-state index contributed by atoms with van der Waals surface area (Å²) < 4.78 is 13.1. The minimum Gasteiger partial charge on any atom is -0.425 e. The third kappa shape index (κ3) is 12.8. The van der Waals surface area contributed by atoms with Crippen LogP contribution in [0.1, 0.15) is 191 Å². The van der Waals surface area contributed by atoms with Gasteiger partial charge in [0.05, 0.1) is 11.8 Å². The van der Waals surface area contributed by atoms with Gasteiger partial charge in [-0.15, -0.1) is 11.3 Å². The van der Waals surface area contributed by atoms with E-state index in [4.69, 9.17) is 14.5 Å². The molecule has 1 aromatic heterocycles. The van der Waals surface area contributed by atoms with E-state index in [1.807, 2.05) is 30.3 Å². The number of rotatable bonds is 12. The summed E-state index contributed by atoms with van der Waals surface area (Å²) in [5.41, 5.74) is 1.38. The molecular formula is C59H79N3O6S. The Morgan fingerprint density at radius 3 is 1.36 bits per heavy atom. The average molecular weight is 958 g/mol. The highest BCUT2D eigenvalue weighted by Gasteiger charge is 2.37. The van der Waals surface area contributed by atoms with Gasteiger partial charge < -0.3 is 20.1 Å². The van der Waals surface area contributed by atoms with Gasteiger partial charge in [-0.25, -0.2) is 4.98 Å². The predicted octanol–water partition coefficient (Wildman–Crippen LogP) is 12.9. The number of fused-ring (bicyclic) bond motifs is 1. The number of nitrogens with zero attached hydrogens (tertiary/aromatic N) is 1. The predicted molar refractivity (Wildman–Crippen MR) is 273 cm³/mol. The molecule has 0 atom stereocenters. The molecule has 0 radical (unpaired) electrons. The van der Waals surface area contributed by atoms with Crippen LogP contribution in [0.2, 0.25) is 0 Å². The van der Waals surface area contributed by atoms with Gasteiger partial charge in [-0.1, -0.05) is 50.8 Å². The van der Waals surface area contributed by atoms with Crippen molar-refractivity contribution in [1.82, 2.24) is 15.6 Å². The van der Waals surface area contributed by atoms with Crippen molar-refractivity contribution in [2.75, 3.05) is 0 Å². The van der Waals surface area contributed by atoms with Gasteiger partial charge in [0.2, 0.25) is 11.8 Å². The fourth-order valence-electron chi connectivity index (χ4n) is 13.6. The summed E-state index contributed by atoms with van der Waals surface area (Å²) in [5, 5.41) is 7.42. The molecule has 6 fully saturated rings. The van der Waals surface area contributed by atoms with Gasteiger partial charge in [-0.05, 0) is 220 Å². The Hall–Kier alpha value is -4.23. The first kappa shape index (κ1) is 49.7. The van der Waals surface area contributed by atoms with Gasteiger partial charge in [-0.3, -0.25) is 19.2 Å². The Morgan fingerprint density at radius 2 is 0.913 bits per heavy atom. The van der Waals surface area contributed by atoms with Crippen molar-refractivity contribution < 1.29 is 28.7 Å². The van der Waals surface area contributed by atoms with Crippen molar-refractivity contribution in [2.24, 2.45) is 59.2 Å². The monoisotopic (exact) mass is 958 g/mol. The minimum atomic E-state index is -0.219. The molecule has 2 aromatic carbocycles. The van der Waals surface area contributed by atoms with Crippen molar-refractivity contribution in [1.29, 1.82) is 0 Å². The minimum absolute atomic E-state index is 0.163. The van der Waals surface area contributed by atoms with Gasteiger partial charge in [0.15, 0.2) is 16.5 Å². The molecule has 0 unspecified atom stereocenters. The van der Waals surface area contributed by atoms with Crippen LogP contribution in [0.25, 0.3) is 10.2 Å². The largest absolute Gasteiger partial charge is 0.425 e. The summed E-state index contributed by atoms with van der Waals surface area (Å²) in [4.78, 5) is 58.7. The van der Waals surface area contributed by atoms with E-state index in [-0.39, 0.29) is 47.4 Å². The smallest absolute Gasteiger partial charge is 0.314 e. The number of esters is 2. The second kappa shape index (κ2) is 23.8. The number of carbonyl (C=O) groups is 4. The number of amides is 2. The normalized spacial score (nSPS) is 31.9. The fourth-order valence-corrected chi connectivity index (χ4v) is 14.5. The lowest BCUT2D eigenvalue weighted by Gasteiger charge is -2.38. The average Bonchev–Trinajstić information content (AvgIpc) is 3.85. The first-order valence-electron chi connectivity index (χ1n) is 27.7. The van der Waals surface area contributed by atoms with Crippen LogP contribution in [0.4, 0.5) is 0 Å². The van der Waals surface area contributed by atoms with Crippen molar-refractivity contribution in [3.63, 3.8) is 0 Å². The highest BCUT2D eigenvalue weighted by atomic mass is 32.1. The Balaban J connectivity index is 0.758. The molecule has 69 heavy (non-hydrogen) atoms. The lowest BCUT2D eigenvalue weighted by Crippen LogP contribution is -2.42. The topological polar surface area (TPSA) is 124 Å². The van der Waals surface area contributed by atoms with Crippen molar-refractivity contribution in [3.05, 3.63) is 53.0 Å². The molecule has 6 aliphatic carbocycles. The van der Waals surface area contributed by atoms with Crippen LogP contribution in [0.5, 0.6) is 11.5 Å². The summed E-state index contributed by atoms with van der Waals surface area (Å²) in [5.74, 6) is 11.6. The number of benzene rings is 2. The maximum atomic E-state index is 13.9. The number of aromatic nitrogens is 1. The summed E-state index contributed by atoms with van der Waals surface area (Å²) in [6, 6.07) is 13.9. The molecule has 1 heterocycles. The van der Waals surface area contributed by atoms with Gasteiger partial charge in [0.1, 0.15) is 10.2 Å². The number of hydrogen-bond acceptors (Lipinski definition) is 8. The lowest BCUT2D eigenvalue weighted by molar-refractivity contribution is -0.141. The van der Waals surface area contributed by atoms with E-state index in [1.54, 1.807) is 12.1 Å². The number of carbonyl (C=O) groups excluding carboxylic acids is 4. The molecule has 3 aromatic rings. The first-order chi connectivity index (χ1) is 33.7. The van der Waals surface area contributed by atoms with Gasteiger partial charge in [0.25, 0.3) is 0 Å². The molecule has 0 aliphatic heterocycles. The SMILES string of the molecule is CC[C@H]1CC[C@@H](C(=O)NC2CCC([C@H]3CC[C@H](C(=O)Oc4ccc(OC(=O)C5CCC([C@H]6CC[C@@H](NC(=O)[C@H]7CC[C@@H](CC)CC7)CC6)CC5)c5sc(C#Cc6ccccc6)nc45)CC3)CC2)CC1. The summed E-state index contributed by atoms with van der Waals surface area (Å²) in [7, 11) is 0. The van der Waals surface area contributed by atoms with E-state index < -0.39 is 0 Å². The van der Waals surface area contributed by atoms with Crippen LogP contribution in [-0.4, -0.2) is 40.8 Å². The number of nitrogens with one attached hydrogen (secondary N) is 2. The van der Waals surface area contributed by atoms with E-state index >= 15 is 0 Å². The van der Waals surface area contributed by atoms with Gasteiger partial charge in [-0.2, -0.15) is 0 Å². The van der Waals surface area contributed by atoms with Crippen LogP contribution < -0.4 is 20.1 Å². The van der Waals surface area contributed by atoms with Crippen LogP contribution in [0.15, 0.2) is 42.5 Å². The molecule has 0 spiro atoms. The first-order valence-corrected chi connectivity index (χ1v) is 28.6. The summed E-state index contributed by atoms with van der Waals surface area (Å²) in [6.07, 6.45) is 27.5. The number of ether oxygens (including phenoxy) is 2. The maximum absolute atomic E-state index is 13.9. The standard InChI is InChI=1S/C59H79N3O6S/c1-3-38-10-15-45(16-11-38)56(63)60-49-31-27-43(28-32-49)41-19-23-47(24-20-41)58(65)67-51-35-36-52(55-54(51)62-53(69-55)37-14-40-8-6-5-7-9-40)68-59(66)48-25-21-42(22-26-48)44-29-33-50(34-30-44)61-57(64)46-17-12-39(4-2)13-18-46/h5-9,35-36,38-39,41-50H,3-4,10-13,15-34H2,1-2H3,(H,60,63)(H,61,64)/t38-,39-,41-,42?,43?,44-,45+,46+,47-,48?,49?,50+. The van der Waals surface area contributed by atoms with Gasteiger partial charge >= 0.3 is 11.9 Å². The summed E-state index contributed by atoms with van der Waals surface area (Å²) in [6.45, 7) is 4.53. The third-order valence-electron chi connectivity index (χ3n) is 18.3. The van der Waals surface area contributed by atoms with E-state index in [1.165, 1.54) is 49.9 Å². The van der Waals surface area contributed by atoms with Crippen LogP contribution in [0.3, 0.4) is 0 Å². The zero-order valence-electron chi connectivity index (χ0n) is 41.7. The second-order valence-corrected chi connectivity index (χ2v) is 23.4. The molecule has 9 nitrogen and oxygen atoms in total. The van der Waals surface area contributed by atoms with Crippen LogP contribution in [0, 0.1) is 71.0 Å². The molecule has 10 heteroatoms. The number of thiazole rings is 1. The third-order valence-corrected chi connectivity index (χ3v) is 19.3. The zero-order chi connectivity index (χ0) is 47.7. The highest BCUT2D eigenvalue weighted by molar-refractivity contribution is 7.19. The van der Waals surface area contributed by atoms with Gasteiger partial charge in [0, 0.05) is 29.5 Å². The zero-order valence-corrected chi connectivity index (χ0v) is 42.5. The Labute approximate surface area is 416 Å². The molecule has 2 N–H and O–H groups in total. The van der Waals surface area contributed by atoms with Crippen LogP contribution in [-0.2, 0) is 19.2 Å². The quantitative estimate of drug-likeness (QED) is 0.105. The molecular weight excluding hydrogens is 879 g/mol. The Morgan fingerprint density at radius 1 is 0.507 bits per heavy atom. The molecule has 9 rings (SSSR count). The molecule has 6 aliphatic rings. The summed E-state index contributed by atoms with van der Waals surface area (Å²) >= 11 is 1.36. The van der Waals surface area contributed by atoms with Crippen LogP contribution >= 0.6 is 11.3 Å². The molecule has 2 amide bonds.